The van der Waals surface area contributed by atoms with Crippen molar-refractivity contribution in [1.82, 2.24) is 9.38 Å². The largest absolute Gasteiger partial charge is 0.497 e. The molecular formula is C14H13N3O3S. The van der Waals surface area contributed by atoms with Crippen LogP contribution in [0.3, 0.4) is 0 Å². The molecule has 21 heavy (non-hydrogen) atoms. The van der Waals surface area contributed by atoms with Crippen LogP contribution < -0.4 is 9.46 Å². The molecule has 3 aromatic rings. The lowest BCUT2D eigenvalue weighted by molar-refractivity contribution is 0.414. The van der Waals surface area contributed by atoms with Gasteiger partial charge in [-0.2, -0.15) is 0 Å². The standard InChI is InChI=1S/C14H13N3O3S/c1-20-11-4-6-12(7-5-11)21(18,19)16-13-3-2-9-17-10-8-15-14(13)17/h2-10,16H,1H3. The molecule has 3 rings (SSSR count). The minimum atomic E-state index is -3.67. The van der Waals surface area contributed by atoms with Crippen LogP contribution in [0.15, 0.2) is 59.9 Å². The molecule has 0 aliphatic carbocycles. The number of sulfonamides is 1. The predicted octanol–water partition coefficient (Wildman–Crippen LogP) is 2.14. The Bertz CT molecular complexity index is 870. The van der Waals surface area contributed by atoms with Gasteiger partial charge in [0.2, 0.25) is 0 Å². The first-order valence-corrected chi connectivity index (χ1v) is 7.67. The number of benzene rings is 1. The Morgan fingerprint density at radius 1 is 1.14 bits per heavy atom. The van der Waals surface area contributed by atoms with Crippen LogP contribution in [0.4, 0.5) is 5.69 Å². The van der Waals surface area contributed by atoms with Crippen LogP contribution in [0.1, 0.15) is 0 Å². The molecule has 6 nitrogen and oxygen atoms in total. The van der Waals surface area contributed by atoms with Crippen LogP contribution in [0.2, 0.25) is 0 Å². The lowest BCUT2D eigenvalue weighted by atomic mass is 10.3. The molecule has 2 aromatic heterocycles. The van der Waals surface area contributed by atoms with Crippen LogP contribution in [0.25, 0.3) is 5.65 Å². The summed E-state index contributed by atoms with van der Waals surface area (Å²) in [6.45, 7) is 0. The van der Waals surface area contributed by atoms with E-state index in [9.17, 15) is 8.42 Å². The van der Waals surface area contributed by atoms with Crippen molar-refractivity contribution < 1.29 is 13.2 Å². The van der Waals surface area contributed by atoms with E-state index in [4.69, 9.17) is 4.74 Å². The van der Waals surface area contributed by atoms with Gasteiger partial charge in [-0.15, -0.1) is 0 Å². The van der Waals surface area contributed by atoms with E-state index in [0.717, 1.165) is 0 Å². The van der Waals surface area contributed by atoms with Gasteiger partial charge < -0.3 is 9.14 Å². The second kappa shape index (κ2) is 5.10. The first-order valence-electron chi connectivity index (χ1n) is 6.19. The number of aromatic nitrogens is 2. The van der Waals surface area contributed by atoms with Crippen molar-refractivity contribution in [1.29, 1.82) is 0 Å². The summed E-state index contributed by atoms with van der Waals surface area (Å²) in [4.78, 5) is 4.30. The van der Waals surface area contributed by atoms with E-state index in [1.807, 2.05) is 0 Å². The van der Waals surface area contributed by atoms with Crippen molar-refractivity contribution in [2.75, 3.05) is 11.8 Å². The number of fused-ring (bicyclic) bond motifs is 1. The fourth-order valence-electron chi connectivity index (χ4n) is 1.99. The smallest absolute Gasteiger partial charge is 0.262 e. The van der Waals surface area contributed by atoms with Crippen molar-refractivity contribution in [3.63, 3.8) is 0 Å². The van der Waals surface area contributed by atoms with Gasteiger partial charge in [0, 0.05) is 18.6 Å². The summed E-state index contributed by atoms with van der Waals surface area (Å²) < 4.78 is 34.1. The average molecular weight is 303 g/mol. The molecule has 108 valence electrons. The number of pyridine rings is 1. The normalized spacial score (nSPS) is 11.5. The maximum atomic E-state index is 12.4. The first kappa shape index (κ1) is 13.4. The average Bonchev–Trinajstić information content (AvgIpc) is 2.97. The maximum absolute atomic E-state index is 12.4. The molecule has 0 amide bonds. The van der Waals surface area contributed by atoms with Gasteiger partial charge in [0.15, 0.2) is 5.65 Å². The first-order chi connectivity index (χ1) is 10.1. The number of hydrogen-bond donors (Lipinski definition) is 1. The number of ether oxygens (including phenoxy) is 1. The molecule has 1 N–H and O–H groups in total. The number of rotatable bonds is 4. The van der Waals surface area contributed by atoms with Gasteiger partial charge in [0.25, 0.3) is 10.0 Å². The second-order valence-corrected chi connectivity index (χ2v) is 6.04. The SMILES string of the molecule is COc1ccc(S(=O)(=O)Nc2cccn3ccnc23)cc1. The molecule has 0 saturated heterocycles. The lowest BCUT2D eigenvalue weighted by Gasteiger charge is -2.09. The third-order valence-corrected chi connectivity index (χ3v) is 4.41. The van der Waals surface area contributed by atoms with Crippen LogP contribution in [-0.4, -0.2) is 24.9 Å². The van der Waals surface area contributed by atoms with E-state index in [1.165, 1.54) is 19.2 Å². The van der Waals surface area contributed by atoms with Crippen molar-refractivity contribution in [3.05, 3.63) is 55.0 Å². The Morgan fingerprint density at radius 3 is 2.62 bits per heavy atom. The fraction of sp³-hybridized carbons (Fsp3) is 0.0714. The molecule has 2 heterocycles. The Kier molecular flexibility index (Phi) is 3.26. The summed E-state index contributed by atoms with van der Waals surface area (Å²) in [6.07, 6.45) is 5.16. The summed E-state index contributed by atoms with van der Waals surface area (Å²) in [5, 5.41) is 0. The van der Waals surface area contributed by atoms with Crippen LogP contribution in [0.5, 0.6) is 5.75 Å². The quantitative estimate of drug-likeness (QED) is 0.801. The summed E-state index contributed by atoms with van der Waals surface area (Å²) in [5.74, 6) is 0.601. The Hall–Kier alpha value is -2.54. The van der Waals surface area contributed by atoms with Gasteiger partial charge in [-0.25, -0.2) is 13.4 Å². The number of methoxy groups -OCH3 is 1. The van der Waals surface area contributed by atoms with Crippen LogP contribution in [0, 0.1) is 0 Å². The Labute approximate surface area is 122 Å². The number of nitrogens with one attached hydrogen (secondary N) is 1. The highest BCUT2D eigenvalue weighted by atomic mass is 32.2. The third-order valence-electron chi connectivity index (χ3n) is 3.03. The molecular weight excluding hydrogens is 290 g/mol. The Balaban J connectivity index is 1.97. The maximum Gasteiger partial charge on any atom is 0.262 e. The molecule has 0 spiro atoms. The summed E-state index contributed by atoms with van der Waals surface area (Å²) in [7, 11) is -2.14. The number of nitrogens with zero attached hydrogens (tertiary/aromatic N) is 2. The van der Waals surface area contributed by atoms with Gasteiger partial charge >= 0.3 is 0 Å². The molecule has 7 heteroatoms. The highest BCUT2D eigenvalue weighted by molar-refractivity contribution is 7.92. The van der Waals surface area contributed by atoms with Gasteiger partial charge in [-0.05, 0) is 36.4 Å². The second-order valence-electron chi connectivity index (χ2n) is 4.36. The molecule has 0 aliphatic heterocycles. The van der Waals surface area contributed by atoms with Crippen molar-refractivity contribution >= 4 is 21.4 Å². The predicted molar refractivity (Wildman–Crippen MR) is 79.0 cm³/mol. The van der Waals surface area contributed by atoms with Crippen LogP contribution in [-0.2, 0) is 10.0 Å². The molecule has 0 aliphatic rings. The third kappa shape index (κ3) is 2.55. The minimum Gasteiger partial charge on any atom is -0.497 e. The molecule has 0 fully saturated rings. The van der Waals surface area contributed by atoms with Gasteiger partial charge in [-0.3, -0.25) is 4.72 Å². The van der Waals surface area contributed by atoms with E-state index >= 15 is 0 Å². The zero-order chi connectivity index (χ0) is 14.9. The fourth-order valence-corrected chi connectivity index (χ4v) is 3.05. The molecule has 0 atom stereocenters. The van der Waals surface area contributed by atoms with Crippen LogP contribution >= 0.6 is 0 Å². The summed E-state index contributed by atoms with van der Waals surface area (Å²) >= 11 is 0. The zero-order valence-electron chi connectivity index (χ0n) is 11.2. The minimum absolute atomic E-state index is 0.164. The van der Waals surface area contributed by atoms with E-state index in [2.05, 4.69) is 9.71 Å². The van der Waals surface area contributed by atoms with Gasteiger partial charge in [0.05, 0.1) is 17.7 Å². The van der Waals surface area contributed by atoms with Crippen molar-refractivity contribution in [2.45, 2.75) is 4.90 Å². The molecule has 0 saturated carbocycles. The number of anilines is 1. The monoisotopic (exact) mass is 303 g/mol. The number of imidazole rings is 1. The van der Waals surface area contributed by atoms with Crippen molar-refractivity contribution in [2.24, 2.45) is 0 Å². The summed E-state index contributed by atoms with van der Waals surface area (Å²) in [5.41, 5.74) is 0.980. The van der Waals surface area contributed by atoms with Crippen molar-refractivity contribution in [3.8, 4) is 5.75 Å². The molecule has 0 radical (unpaired) electrons. The topological polar surface area (TPSA) is 72.7 Å². The lowest BCUT2D eigenvalue weighted by Crippen LogP contribution is -2.13. The number of hydrogen-bond acceptors (Lipinski definition) is 4. The van der Waals surface area contributed by atoms with E-state index in [1.54, 1.807) is 47.3 Å². The van der Waals surface area contributed by atoms with Gasteiger partial charge in [-0.1, -0.05) is 0 Å². The molecule has 0 bridgehead atoms. The summed E-state index contributed by atoms with van der Waals surface area (Å²) in [6, 6.07) is 9.61. The molecule has 1 aromatic carbocycles. The Morgan fingerprint density at radius 2 is 1.90 bits per heavy atom. The van der Waals surface area contributed by atoms with E-state index in [-0.39, 0.29) is 4.90 Å². The highest BCUT2D eigenvalue weighted by Gasteiger charge is 2.16. The van der Waals surface area contributed by atoms with Gasteiger partial charge in [0.1, 0.15) is 5.75 Å². The van der Waals surface area contributed by atoms with E-state index in [0.29, 0.717) is 17.1 Å². The highest BCUT2D eigenvalue weighted by Crippen LogP contribution is 2.21. The van der Waals surface area contributed by atoms with E-state index < -0.39 is 10.0 Å². The molecule has 0 unspecified atom stereocenters. The zero-order valence-corrected chi connectivity index (χ0v) is 12.0.